The molecule has 0 unspecified atom stereocenters. The minimum absolute atomic E-state index is 0.0903. The Morgan fingerprint density at radius 1 is 0.938 bits per heavy atom. The Kier molecular flexibility index (Phi) is 5.03. The number of carbonyl (C=O) groups is 2. The Morgan fingerprint density at radius 3 is 2.47 bits per heavy atom. The molecular formula is C24H16ClFN2O4. The van der Waals surface area contributed by atoms with E-state index in [0.717, 1.165) is 4.90 Å². The number of benzene rings is 3. The first-order valence-electron chi connectivity index (χ1n) is 9.78. The van der Waals surface area contributed by atoms with Gasteiger partial charge in [0.1, 0.15) is 11.5 Å². The van der Waals surface area contributed by atoms with Crippen LogP contribution in [0.5, 0.6) is 11.5 Å². The summed E-state index contributed by atoms with van der Waals surface area (Å²) in [7, 11) is 0. The Bertz CT molecular complexity index is 1270. The molecule has 6 nitrogen and oxygen atoms in total. The maximum Gasteiger partial charge on any atom is 0.278 e. The van der Waals surface area contributed by atoms with Crippen molar-refractivity contribution in [3.05, 3.63) is 94.4 Å². The maximum absolute atomic E-state index is 14.2. The molecule has 1 N–H and O–H groups in total. The molecule has 0 fully saturated rings. The summed E-state index contributed by atoms with van der Waals surface area (Å²) in [4.78, 5) is 27.6. The highest BCUT2D eigenvalue weighted by atomic mass is 35.5. The standard InChI is InChI=1S/C24H16ClFN2O4/c25-16-7-5-14(6-8-16)21-22(27-17-9-10-19-20(11-17)32-13-31-19)24(30)28(23(21)29)12-15-3-1-2-4-18(15)26/h1-11,27H,12-13H2. The minimum atomic E-state index is -0.555. The Hall–Kier alpha value is -3.84. The monoisotopic (exact) mass is 450 g/mol. The summed E-state index contributed by atoms with van der Waals surface area (Å²) in [5, 5.41) is 3.55. The first-order valence-corrected chi connectivity index (χ1v) is 10.2. The third-order valence-corrected chi connectivity index (χ3v) is 5.48. The number of imide groups is 1. The van der Waals surface area contributed by atoms with Gasteiger partial charge in [-0.05, 0) is 35.9 Å². The van der Waals surface area contributed by atoms with E-state index in [9.17, 15) is 14.0 Å². The van der Waals surface area contributed by atoms with Crippen molar-refractivity contribution in [3.8, 4) is 11.5 Å². The van der Waals surface area contributed by atoms with Crippen molar-refractivity contribution >= 4 is 34.7 Å². The second-order valence-corrected chi connectivity index (χ2v) is 7.67. The van der Waals surface area contributed by atoms with E-state index < -0.39 is 17.6 Å². The van der Waals surface area contributed by atoms with Gasteiger partial charge in [0, 0.05) is 22.3 Å². The summed E-state index contributed by atoms with van der Waals surface area (Å²) >= 11 is 6.00. The van der Waals surface area contributed by atoms with E-state index in [1.54, 1.807) is 60.7 Å². The summed E-state index contributed by atoms with van der Waals surface area (Å²) in [5.74, 6) is -0.441. The Morgan fingerprint density at radius 2 is 1.69 bits per heavy atom. The number of fused-ring (bicyclic) bond motifs is 1. The fourth-order valence-electron chi connectivity index (χ4n) is 3.64. The molecule has 0 atom stereocenters. The average Bonchev–Trinajstić information content (AvgIpc) is 3.34. The smallest absolute Gasteiger partial charge is 0.278 e. The molecular weight excluding hydrogens is 435 g/mol. The van der Waals surface area contributed by atoms with Gasteiger partial charge in [0.25, 0.3) is 11.8 Å². The first kappa shape index (κ1) is 20.1. The predicted molar refractivity (Wildman–Crippen MR) is 117 cm³/mol. The zero-order valence-electron chi connectivity index (χ0n) is 16.6. The van der Waals surface area contributed by atoms with Crippen molar-refractivity contribution in [3.63, 3.8) is 0 Å². The number of hydrogen-bond donors (Lipinski definition) is 1. The molecule has 2 heterocycles. The molecule has 2 amide bonds. The molecule has 0 radical (unpaired) electrons. The fraction of sp³-hybridized carbons (Fsp3) is 0.0833. The Labute approximate surface area is 187 Å². The molecule has 2 aliphatic rings. The SMILES string of the molecule is O=C1C(Nc2ccc3c(c2)OCO3)=C(c2ccc(Cl)cc2)C(=O)N1Cc1ccccc1F. The van der Waals surface area contributed by atoms with E-state index >= 15 is 0 Å². The molecule has 0 saturated carbocycles. The third kappa shape index (κ3) is 3.56. The summed E-state index contributed by atoms with van der Waals surface area (Å²) in [5.41, 5.74) is 1.58. The van der Waals surface area contributed by atoms with Crippen LogP contribution in [0.25, 0.3) is 5.57 Å². The van der Waals surface area contributed by atoms with E-state index in [-0.39, 0.29) is 30.2 Å². The highest BCUT2D eigenvalue weighted by Gasteiger charge is 2.39. The number of anilines is 1. The quantitative estimate of drug-likeness (QED) is 0.575. The van der Waals surface area contributed by atoms with Crippen LogP contribution in [0, 0.1) is 5.82 Å². The molecule has 160 valence electrons. The van der Waals surface area contributed by atoms with E-state index in [4.69, 9.17) is 21.1 Å². The number of amides is 2. The molecule has 2 aliphatic heterocycles. The zero-order chi connectivity index (χ0) is 22.2. The topological polar surface area (TPSA) is 67.9 Å². The summed E-state index contributed by atoms with van der Waals surface area (Å²) in [6.45, 7) is -0.0703. The van der Waals surface area contributed by atoms with Gasteiger partial charge in [-0.2, -0.15) is 0 Å². The Balaban J connectivity index is 1.54. The first-order chi connectivity index (χ1) is 15.5. The van der Waals surface area contributed by atoms with E-state index in [1.807, 2.05) is 0 Å². The second-order valence-electron chi connectivity index (χ2n) is 7.24. The lowest BCUT2D eigenvalue weighted by atomic mass is 10.0. The van der Waals surface area contributed by atoms with Gasteiger partial charge in [-0.15, -0.1) is 0 Å². The van der Waals surface area contributed by atoms with Gasteiger partial charge in [0.2, 0.25) is 6.79 Å². The van der Waals surface area contributed by atoms with E-state index in [1.165, 1.54) is 6.07 Å². The van der Waals surface area contributed by atoms with Gasteiger partial charge in [-0.1, -0.05) is 41.9 Å². The zero-order valence-corrected chi connectivity index (χ0v) is 17.4. The van der Waals surface area contributed by atoms with Crippen molar-refractivity contribution in [2.24, 2.45) is 0 Å². The second kappa shape index (κ2) is 8.01. The van der Waals surface area contributed by atoms with Crippen molar-refractivity contribution in [1.82, 2.24) is 4.90 Å². The van der Waals surface area contributed by atoms with Gasteiger partial charge in [-0.25, -0.2) is 4.39 Å². The van der Waals surface area contributed by atoms with Crippen LogP contribution in [0.2, 0.25) is 5.02 Å². The molecule has 3 aromatic rings. The van der Waals surface area contributed by atoms with Crippen LogP contribution in [0.4, 0.5) is 10.1 Å². The molecule has 8 heteroatoms. The van der Waals surface area contributed by atoms with Crippen LogP contribution in [0.15, 0.2) is 72.4 Å². The molecule has 0 saturated heterocycles. The van der Waals surface area contributed by atoms with Gasteiger partial charge in [-0.3, -0.25) is 14.5 Å². The predicted octanol–water partition coefficient (Wildman–Crippen LogP) is 4.60. The number of nitrogens with one attached hydrogen (secondary N) is 1. The maximum atomic E-state index is 14.2. The van der Waals surface area contributed by atoms with Gasteiger partial charge in [0.05, 0.1) is 12.1 Å². The fourth-order valence-corrected chi connectivity index (χ4v) is 3.76. The molecule has 5 rings (SSSR count). The molecule has 0 bridgehead atoms. The normalized spacial score (nSPS) is 15.0. The summed E-state index contributed by atoms with van der Waals surface area (Å²) in [6, 6.07) is 17.8. The molecule has 3 aromatic carbocycles. The molecule has 0 aliphatic carbocycles. The molecule has 0 aromatic heterocycles. The largest absolute Gasteiger partial charge is 0.454 e. The van der Waals surface area contributed by atoms with Crippen LogP contribution in [-0.4, -0.2) is 23.5 Å². The average molecular weight is 451 g/mol. The number of hydrogen-bond acceptors (Lipinski definition) is 5. The minimum Gasteiger partial charge on any atom is -0.454 e. The van der Waals surface area contributed by atoms with Crippen molar-refractivity contribution < 1.29 is 23.5 Å². The number of rotatable bonds is 5. The van der Waals surface area contributed by atoms with Gasteiger partial charge >= 0.3 is 0 Å². The van der Waals surface area contributed by atoms with Crippen LogP contribution in [0.1, 0.15) is 11.1 Å². The third-order valence-electron chi connectivity index (χ3n) is 5.23. The number of halogens is 2. The molecule has 32 heavy (non-hydrogen) atoms. The lowest BCUT2D eigenvalue weighted by molar-refractivity contribution is -0.137. The lowest BCUT2D eigenvalue weighted by Crippen LogP contribution is -2.32. The van der Waals surface area contributed by atoms with Crippen molar-refractivity contribution in [2.75, 3.05) is 12.1 Å². The summed E-state index contributed by atoms with van der Waals surface area (Å²) < 4.78 is 24.9. The van der Waals surface area contributed by atoms with Gasteiger partial charge in [0.15, 0.2) is 11.5 Å². The molecule has 0 spiro atoms. The van der Waals surface area contributed by atoms with Gasteiger partial charge < -0.3 is 14.8 Å². The number of nitrogens with zero attached hydrogens (tertiary/aromatic N) is 1. The highest BCUT2D eigenvalue weighted by molar-refractivity contribution is 6.36. The number of ether oxygens (including phenoxy) is 2. The van der Waals surface area contributed by atoms with E-state index in [0.29, 0.717) is 27.8 Å². The van der Waals surface area contributed by atoms with Crippen LogP contribution < -0.4 is 14.8 Å². The lowest BCUT2D eigenvalue weighted by Gasteiger charge is -2.16. The highest BCUT2D eigenvalue weighted by Crippen LogP contribution is 2.37. The van der Waals surface area contributed by atoms with Crippen LogP contribution in [-0.2, 0) is 16.1 Å². The van der Waals surface area contributed by atoms with Crippen molar-refractivity contribution in [1.29, 1.82) is 0 Å². The summed E-state index contributed by atoms with van der Waals surface area (Å²) in [6.07, 6.45) is 0. The van der Waals surface area contributed by atoms with E-state index in [2.05, 4.69) is 5.32 Å². The van der Waals surface area contributed by atoms with Crippen molar-refractivity contribution in [2.45, 2.75) is 6.54 Å². The van der Waals surface area contributed by atoms with Crippen LogP contribution >= 0.6 is 11.6 Å². The van der Waals surface area contributed by atoms with Crippen LogP contribution in [0.3, 0.4) is 0 Å². The number of carbonyl (C=O) groups excluding carboxylic acids is 2.